The van der Waals surface area contributed by atoms with Gasteiger partial charge in [0.15, 0.2) is 5.84 Å². The highest BCUT2D eigenvalue weighted by Gasteiger charge is 2.27. The molecule has 1 unspecified atom stereocenters. The molecule has 0 amide bonds. The summed E-state index contributed by atoms with van der Waals surface area (Å²) in [6, 6.07) is 16.4. The van der Waals surface area contributed by atoms with Crippen LogP contribution in [0.15, 0.2) is 64.5 Å². The van der Waals surface area contributed by atoms with Gasteiger partial charge >= 0.3 is 6.16 Å². The number of rotatable bonds is 18. The third-order valence-corrected chi connectivity index (χ3v) is 7.47. The summed E-state index contributed by atoms with van der Waals surface area (Å²) in [5, 5.41) is 16.9. The van der Waals surface area contributed by atoms with E-state index in [9.17, 15) is 19.7 Å². The predicted octanol–water partition coefficient (Wildman–Crippen LogP) is 4.83. The van der Waals surface area contributed by atoms with Crippen molar-refractivity contribution in [3.8, 4) is 11.1 Å². The summed E-state index contributed by atoms with van der Waals surface area (Å²) < 4.78 is 13.1. The molecule has 2 aromatic carbocycles. The fourth-order valence-corrected chi connectivity index (χ4v) is 4.89. The van der Waals surface area contributed by atoms with E-state index in [0.29, 0.717) is 18.7 Å². The molecule has 0 spiro atoms. The van der Waals surface area contributed by atoms with E-state index in [2.05, 4.69) is 77.9 Å². The summed E-state index contributed by atoms with van der Waals surface area (Å²) in [4.78, 5) is 36.8. The Kier molecular flexibility index (Phi) is 17.9. The minimum atomic E-state index is -0.909. The molecule has 2 aromatic rings. The smallest absolute Gasteiger partial charge is 0.434 e. The number of carbonyl (C=O) groups is 2. The van der Waals surface area contributed by atoms with Crippen molar-refractivity contribution in [2.75, 3.05) is 20.0 Å². The molecule has 1 aliphatic heterocycles. The standard InChI is InChI=1S/C22H29ClN6.C9H15NO8/c1-3-4-9-20-26-21(23)15(2)29(20)14-16-10-12-17(13-11-16)18-7-5-6-8-19(18)22(27-24)28-25;11-7-15-8-17-9(12)16-5-3-1-2-4-6-18-10(13)14/h5-8,10-13,20,26H,3-4,9,14,24-25H2,1-2H3,(H,27,28);7H,1-6,8H2. The summed E-state index contributed by atoms with van der Waals surface area (Å²) in [5.41, 5.74) is 7.84. The molecule has 15 nitrogen and oxygen atoms in total. The van der Waals surface area contributed by atoms with Crippen molar-refractivity contribution in [1.29, 1.82) is 0 Å². The molecular formula is C31H44ClN7O8. The summed E-state index contributed by atoms with van der Waals surface area (Å²) in [5.74, 6) is 11.5. The molecule has 1 heterocycles. The zero-order chi connectivity index (χ0) is 34.4. The topological polar surface area (TPSA) is 206 Å². The van der Waals surface area contributed by atoms with Gasteiger partial charge < -0.3 is 40.5 Å². The van der Waals surface area contributed by atoms with Crippen LogP contribution in [-0.4, -0.2) is 54.6 Å². The van der Waals surface area contributed by atoms with E-state index in [0.717, 1.165) is 53.4 Å². The van der Waals surface area contributed by atoms with Crippen LogP contribution in [0.4, 0.5) is 4.79 Å². The Morgan fingerprint density at radius 2 is 1.81 bits per heavy atom. The van der Waals surface area contributed by atoms with Crippen molar-refractivity contribution in [2.24, 2.45) is 16.8 Å². The summed E-state index contributed by atoms with van der Waals surface area (Å²) >= 11 is 6.37. The Balaban J connectivity index is 0.000000369. The number of carbonyl (C=O) groups excluding carboxylic acids is 2. The molecule has 3 rings (SSSR count). The van der Waals surface area contributed by atoms with Crippen LogP contribution < -0.4 is 22.4 Å². The van der Waals surface area contributed by atoms with Crippen molar-refractivity contribution in [1.82, 2.24) is 15.6 Å². The lowest BCUT2D eigenvalue weighted by atomic mass is 9.98. The van der Waals surface area contributed by atoms with Gasteiger partial charge in [-0.2, -0.15) is 5.10 Å². The van der Waals surface area contributed by atoms with Crippen LogP contribution in [0.2, 0.25) is 0 Å². The van der Waals surface area contributed by atoms with Gasteiger partial charge in [-0.05, 0) is 55.7 Å². The maximum absolute atomic E-state index is 10.8. The van der Waals surface area contributed by atoms with E-state index < -0.39 is 18.0 Å². The van der Waals surface area contributed by atoms with Gasteiger partial charge in [-0.25, -0.2) is 10.6 Å². The summed E-state index contributed by atoms with van der Waals surface area (Å²) in [7, 11) is 0. The Hall–Kier alpha value is -4.76. The maximum Gasteiger partial charge on any atom is 0.511 e. The zero-order valence-corrected chi connectivity index (χ0v) is 27.4. The molecule has 0 fully saturated rings. The van der Waals surface area contributed by atoms with E-state index in [-0.39, 0.29) is 25.9 Å². The van der Waals surface area contributed by atoms with Gasteiger partial charge in [0, 0.05) is 17.8 Å². The van der Waals surface area contributed by atoms with Crippen molar-refractivity contribution < 1.29 is 33.7 Å². The zero-order valence-electron chi connectivity index (χ0n) is 26.7. The maximum atomic E-state index is 10.8. The molecule has 0 aromatic heterocycles. The fourth-order valence-electron chi connectivity index (χ4n) is 4.66. The van der Waals surface area contributed by atoms with Gasteiger partial charge in [-0.1, -0.05) is 79.9 Å². The minimum absolute atomic E-state index is 0.0684. The highest BCUT2D eigenvalue weighted by Crippen LogP contribution is 2.29. The molecular weight excluding hydrogens is 634 g/mol. The van der Waals surface area contributed by atoms with Crippen LogP contribution in [0.25, 0.3) is 11.1 Å². The number of halogens is 1. The van der Waals surface area contributed by atoms with Crippen LogP contribution >= 0.6 is 11.6 Å². The second kappa shape index (κ2) is 21.9. The highest BCUT2D eigenvalue weighted by atomic mass is 35.5. The summed E-state index contributed by atoms with van der Waals surface area (Å²) in [6.07, 6.45) is 5.42. The second-order valence-electron chi connectivity index (χ2n) is 10.3. The third kappa shape index (κ3) is 13.6. The number of hydrazone groups is 1. The fraction of sp³-hybridized carbons (Fsp3) is 0.452. The number of unbranched alkanes of at least 4 members (excludes halogenated alkanes) is 4. The third-order valence-electron chi connectivity index (χ3n) is 7.08. The SMILES string of the molecule is CCCCC1NC(Cl)=C(C)N1Cc1ccc(-c2ccccc2/C(=N/N)NN)cc1.O=COCOC(=O)OCCCCCCO[N+](=O)[O-]. The monoisotopic (exact) mass is 677 g/mol. The van der Waals surface area contributed by atoms with Gasteiger partial charge in [0.05, 0.1) is 19.4 Å². The van der Waals surface area contributed by atoms with Gasteiger partial charge in [0.2, 0.25) is 6.79 Å². The van der Waals surface area contributed by atoms with Gasteiger partial charge in [-0.15, -0.1) is 10.1 Å². The number of hydrazine groups is 1. The number of hydrogen-bond acceptors (Lipinski definition) is 13. The van der Waals surface area contributed by atoms with E-state index >= 15 is 0 Å². The number of hydrogen-bond donors (Lipinski definition) is 4. The lowest BCUT2D eigenvalue weighted by molar-refractivity contribution is -0.757. The minimum Gasteiger partial charge on any atom is -0.434 e. The number of nitrogens with zero attached hydrogens (tertiary/aromatic N) is 3. The molecule has 1 aliphatic rings. The molecule has 258 valence electrons. The van der Waals surface area contributed by atoms with Crippen LogP contribution in [0.3, 0.4) is 0 Å². The van der Waals surface area contributed by atoms with Crippen molar-refractivity contribution >= 4 is 30.1 Å². The van der Waals surface area contributed by atoms with Crippen LogP contribution in [0.1, 0.15) is 69.9 Å². The molecule has 0 aliphatic carbocycles. The highest BCUT2D eigenvalue weighted by molar-refractivity contribution is 6.29. The Morgan fingerprint density at radius 1 is 1.11 bits per heavy atom. The van der Waals surface area contributed by atoms with Crippen LogP contribution in [-0.2, 0) is 30.4 Å². The molecule has 0 bridgehead atoms. The molecule has 1 atom stereocenters. The van der Waals surface area contributed by atoms with Gasteiger partial charge in [-0.3, -0.25) is 4.79 Å². The first-order valence-electron chi connectivity index (χ1n) is 15.2. The van der Waals surface area contributed by atoms with Gasteiger partial charge in [0.25, 0.3) is 11.6 Å². The molecule has 16 heteroatoms. The Bertz CT molecular complexity index is 1330. The van der Waals surface area contributed by atoms with E-state index in [4.69, 9.17) is 23.3 Å². The van der Waals surface area contributed by atoms with Crippen LogP contribution in [0, 0.1) is 10.1 Å². The molecule has 0 saturated heterocycles. The Labute approximate surface area is 279 Å². The van der Waals surface area contributed by atoms with Crippen molar-refractivity contribution in [2.45, 2.75) is 71.5 Å². The second-order valence-corrected chi connectivity index (χ2v) is 10.7. The number of ether oxygens (including phenoxy) is 3. The van der Waals surface area contributed by atoms with E-state index in [1.807, 2.05) is 24.3 Å². The first-order chi connectivity index (χ1) is 22.7. The lowest BCUT2D eigenvalue weighted by Crippen LogP contribution is -2.36. The average molecular weight is 678 g/mol. The Morgan fingerprint density at radius 3 is 2.45 bits per heavy atom. The molecule has 0 radical (unpaired) electrons. The molecule has 0 saturated carbocycles. The number of nitrogens with one attached hydrogen (secondary N) is 2. The number of nitrogens with two attached hydrogens (primary N) is 2. The van der Waals surface area contributed by atoms with E-state index in [1.54, 1.807) is 0 Å². The largest absolute Gasteiger partial charge is 0.511 e. The normalized spacial score (nSPS) is 14.0. The number of benzene rings is 2. The van der Waals surface area contributed by atoms with Gasteiger partial charge in [0.1, 0.15) is 5.16 Å². The first-order valence-corrected chi connectivity index (χ1v) is 15.6. The van der Waals surface area contributed by atoms with Crippen molar-refractivity contribution in [3.05, 3.63) is 80.6 Å². The quantitative estimate of drug-likeness (QED) is 0.0160. The average Bonchev–Trinajstić information content (AvgIpc) is 3.34. The van der Waals surface area contributed by atoms with E-state index in [1.165, 1.54) is 18.4 Å². The van der Waals surface area contributed by atoms with Crippen molar-refractivity contribution in [3.63, 3.8) is 0 Å². The predicted molar refractivity (Wildman–Crippen MR) is 176 cm³/mol. The molecule has 6 N–H and O–H groups in total. The lowest BCUT2D eigenvalue weighted by Gasteiger charge is -2.28. The number of amidine groups is 1. The summed E-state index contributed by atoms with van der Waals surface area (Å²) in [6.45, 7) is 5.01. The number of allylic oxidation sites excluding steroid dienone is 1. The van der Waals surface area contributed by atoms with Crippen LogP contribution in [0.5, 0.6) is 0 Å². The first kappa shape index (κ1) is 38.4. The molecule has 47 heavy (non-hydrogen) atoms.